The van der Waals surface area contributed by atoms with Crippen molar-refractivity contribution in [2.45, 2.75) is 0 Å². The molecule has 1 heterocycles. The summed E-state index contributed by atoms with van der Waals surface area (Å²) in [5, 5.41) is 10.2. The first-order chi connectivity index (χ1) is 12.7. The van der Waals surface area contributed by atoms with E-state index in [-0.39, 0.29) is 11.2 Å². The smallest absolute Gasteiger partial charge is 0.201 e. The van der Waals surface area contributed by atoms with Crippen molar-refractivity contribution in [3.8, 4) is 33.9 Å². The fourth-order valence-electron chi connectivity index (χ4n) is 3.07. The topological polar surface area (TPSA) is 59.7 Å². The van der Waals surface area contributed by atoms with E-state index in [4.69, 9.17) is 9.15 Å². The third-order valence-corrected chi connectivity index (χ3v) is 4.29. The Bertz CT molecular complexity index is 1140. The number of hydrogen-bond acceptors (Lipinski definition) is 4. The first-order valence-corrected chi connectivity index (χ1v) is 8.17. The molecular formula is C22H16O4. The SMILES string of the molecule is COc1ccccc1-c1c(-c2ccccc2)oc2cc(O)ccc2c1=O. The van der Waals surface area contributed by atoms with Gasteiger partial charge in [0.25, 0.3) is 0 Å². The molecule has 4 aromatic rings. The van der Waals surface area contributed by atoms with Crippen LogP contribution in [-0.4, -0.2) is 12.2 Å². The van der Waals surface area contributed by atoms with Crippen molar-refractivity contribution in [1.29, 1.82) is 0 Å². The van der Waals surface area contributed by atoms with Crippen LogP contribution in [-0.2, 0) is 0 Å². The van der Waals surface area contributed by atoms with Gasteiger partial charge in [0.1, 0.15) is 22.8 Å². The number of methoxy groups -OCH3 is 1. The zero-order valence-corrected chi connectivity index (χ0v) is 14.1. The van der Waals surface area contributed by atoms with Crippen molar-refractivity contribution < 1.29 is 14.3 Å². The average Bonchev–Trinajstić information content (AvgIpc) is 2.68. The van der Waals surface area contributed by atoms with Gasteiger partial charge in [0.15, 0.2) is 0 Å². The molecule has 0 unspecified atom stereocenters. The van der Waals surface area contributed by atoms with E-state index in [9.17, 15) is 9.90 Å². The van der Waals surface area contributed by atoms with Crippen LogP contribution in [0, 0.1) is 0 Å². The second kappa shape index (κ2) is 6.41. The molecule has 0 amide bonds. The van der Waals surface area contributed by atoms with Crippen LogP contribution in [0.5, 0.6) is 11.5 Å². The van der Waals surface area contributed by atoms with Gasteiger partial charge in [-0.15, -0.1) is 0 Å². The van der Waals surface area contributed by atoms with Crippen LogP contribution >= 0.6 is 0 Å². The molecule has 0 spiro atoms. The van der Waals surface area contributed by atoms with Crippen LogP contribution in [0.25, 0.3) is 33.4 Å². The summed E-state index contributed by atoms with van der Waals surface area (Å²) in [6, 6.07) is 21.3. The minimum atomic E-state index is -0.172. The van der Waals surface area contributed by atoms with Gasteiger partial charge >= 0.3 is 0 Å². The van der Waals surface area contributed by atoms with Crippen molar-refractivity contribution in [3.05, 3.63) is 83.0 Å². The second-order valence-corrected chi connectivity index (χ2v) is 5.88. The lowest BCUT2D eigenvalue weighted by molar-refractivity contribution is 0.416. The number of rotatable bonds is 3. The Morgan fingerprint density at radius 1 is 0.923 bits per heavy atom. The van der Waals surface area contributed by atoms with E-state index in [2.05, 4.69) is 0 Å². The first-order valence-electron chi connectivity index (χ1n) is 8.17. The van der Waals surface area contributed by atoms with E-state index < -0.39 is 0 Å². The van der Waals surface area contributed by atoms with E-state index >= 15 is 0 Å². The normalized spacial score (nSPS) is 10.8. The quantitative estimate of drug-likeness (QED) is 0.578. The molecule has 0 saturated carbocycles. The zero-order chi connectivity index (χ0) is 18.1. The minimum Gasteiger partial charge on any atom is -0.508 e. The Morgan fingerprint density at radius 3 is 2.42 bits per heavy atom. The predicted molar refractivity (Wildman–Crippen MR) is 102 cm³/mol. The van der Waals surface area contributed by atoms with Crippen LogP contribution in [0.3, 0.4) is 0 Å². The molecule has 4 rings (SSSR count). The molecule has 4 heteroatoms. The van der Waals surface area contributed by atoms with Gasteiger partial charge in [-0.2, -0.15) is 0 Å². The summed E-state index contributed by atoms with van der Waals surface area (Å²) in [5.74, 6) is 1.08. The van der Waals surface area contributed by atoms with Gasteiger partial charge < -0.3 is 14.3 Å². The van der Waals surface area contributed by atoms with Crippen LogP contribution in [0.4, 0.5) is 0 Å². The van der Waals surface area contributed by atoms with Gasteiger partial charge in [0.05, 0.1) is 18.1 Å². The number of ether oxygens (including phenoxy) is 1. The van der Waals surface area contributed by atoms with E-state index in [0.29, 0.717) is 33.6 Å². The highest BCUT2D eigenvalue weighted by molar-refractivity contribution is 5.91. The maximum absolute atomic E-state index is 13.3. The minimum absolute atomic E-state index is 0.0460. The second-order valence-electron chi connectivity index (χ2n) is 5.88. The van der Waals surface area contributed by atoms with Gasteiger partial charge in [-0.3, -0.25) is 4.79 Å². The fourth-order valence-corrected chi connectivity index (χ4v) is 3.07. The third-order valence-electron chi connectivity index (χ3n) is 4.29. The molecular weight excluding hydrogens is 328 g/mol. The van der Waals surface area contributed by atoms with Crippen molar-refractivity contribution in [3.63, 3.8) is 0 Å². The van der Waals surface area contributed by atoms with Crippen molar-refractivity contribution in [2.75, 3.05) is 7.11 Å². The Morgan fingerprint density at radius 2 is 1.65 bits per heavy atom. The molecule has 0 radical (unpaired) electrons. The van der Waals surface area contributed by atoms with Crippen LogP contribution in [0.15, 0.2) is 82.0 Å². The van der Waals surface area contributed by atoms with Crippen LogP contribution in [0.1, 0.15) is 0 Å². The highest BCUT2D eigenvalue weighted by atomic mass is 16.5. The number of aromatic hydroxyl groups is 1. The zero-order valence-electron chi connectivity index (χ0n) is 14.1. The van der Waals surface area contributed by atoms with E-state index in [0.717, 1.165) is 5.56 Å². The summed E-state index contributed by atoms with van der Waals surface area (Å²) in [6.45, 7) is 0. The summed E-state index contributed by atoms with van der Waals surface area (Å²) in [5.41, 5.74) is 2.04. The van der Waals surface area contributed by atoms with Gasteiger partial charge in [0, 0.05) is 17.2 Å². The summed E-state index contributed by atoms with van der Waals surface area (Å²) in [6.07, 6.45) is 0. The summed E-state index contributed by atoms with van der Waals surface area (Å²) < 4.78 is 11.5. The molecule has 26 heavy (non-hydrogen) atoms. The van der Waals surface area contributed by atoms with E-state index in [1.54, 1.807) is 13.2 Å². The van der Waals surface area contributed by atoms with Crippen LogP contribution in [0.2, 0.25) is 0 Å². The largest absolute Gasteiger partial charge is 0.508 e. The number of hydrogen-bond donors (Lipinski definition) is 1. The lowest BCUT2D eigenvalue weighted by atomic mass is 9.97. The van der Waals surface area contributed by atoms with Gasteiger partial charge in [-0.05, 0) is 18.2 Å². The Balaban J connectivity index is 2.15. The molecule has 0 atom stereocenters. The molecule has 1 aromatic heterocycles. The highest BCUT2D eigenvalue weighted by Gasteiger charge is 2.20. The van der Waals surface area contributed by atoms with Crippen molar-refractivity contribution in [2.24, 2.45) is 0 Å². The number of benzene rings is 3. The standard InChI is InChI=1S/C22H16O4/c1-25-18-10-6-5-9-16(18)20-21(24)17-12-11-15(23)13-19(17)26-22(20)14-7-3-2-4-8-14/h2-13,23H,1H3. The summed E-state index contributed by atoms with van der Waals surface area (Å²) >= 11 is 0. The molecule has 3 aromatic carbocycles. The predicted octanol–water partition coefficient (Wildman–Crippen LogP) is 4.84. The van der Waals surface area contributed by atoms with E-state index in [1.165, 1.54) is 12.1 Å². The lowest BCUT2D eigenvalue weighted by Crippen LogP contribution is -2.08. The summed E-state index contributed by atoms with van der Waals surface area (Å²) in [7, 11) is 1.57. The Labute approximate surface area is 149 Å². The molecule has 0 fully saturated rings. The maximum atomic E-state index is 13.3. The lowest BCUT2D eigenvalue weighted by Gasteiger charge is -2.13. The molecule has 1 N–H and O–H groups in total. The number of fused-ring (bicyclic) bond motifs is 1. The molecule has 0 aliphatic heterocycles. The Kier molecular flexibility index (Phi) is 3.93. The highest BCUT2D eigenvalue weighted by Crippen LogP contribution is 2.37. The summed E-state index contributed by atoms with van der Waals surface area (Å²) in [4.78, 5) is 13.3. The molecule has 0 saturated heterocycles. The van der Waals surface area contributed by atoms with E-state index in [1.807, 2.05) is 54.6 Å². The number of phenolic OH excluding ortho intramolecular Hbond substituents is 1. The molecule has 0 aliphatic rings. The average molecular weight is 344 g/mol. The van der Waals surface area contributed by atoms with Gasteiger partial charge in [-0.25, -0.2) is 0 Å². The number of para-hydroxylation sites is 1. The van der Waals surface area contributed by atoms with Gasteiger partial charge in [-0.1, -0.05) is 48.5 Å². The molecule has 0 aliphatic carbocycles. The Hall–Kier alpha value is -3.53. The van der Waals surface area contributed by atoms with Gasteiger partial charge in [0.2, 0.25) is 5.43 Å². The first kappa shape index (κ1) is 16.0. The maximum Gasteiger partial charge on any atom is 0.201 e. The van der Waals surface area contributed by atoms with Crippen molar-refractivity contribution in [1.82, 2.24) is 0 Å². The monoisotopic (exact) mass is 344 g/mol. The number of phenols is 1. The molecule has 128 valence electrons. The molecule has 4 nitrogen and oxygen atoms in total. The van der Waals surface area contributed by atoms with Crippen molar-refractivity contribution >= 4 is 11.0 Å². The van der Waals surface area contributed by atoms with Crippen LogP contribution < -0.4 is 10.2 Å². The fraction of sp³-hybridized carbons (Fsp3) is 0.0455. The molecule has 0 bridgehead atoms. The third kappa shape index (κ3) is 2.62.